The van der Waals surface area contributed by atoms with Crippen molar-refractivity contribution >= 4 is 44.8 Å². The zero-order valence-electron chi connectivity index (χ0n) is 14.8. The van der Waals surface area contributed by atoms with Crippen LogP contribution in [0.5, 0.6) is 0 Å². The Morgan fingerprint density at radius 3 is 2.25 bits per heavy atom. The average Bonchev–Trinajstić information content (AvgIpc) is 2.67. The molecule has 3 rings (SSSR count). The van der Waals surface area contributed by atoms with Crippen LogP contribution >= 0.6 is 23.2 Å². The molecule has 0 atom stereocenters. The van der Waals surface area contributed by atoms with Gasteiger partial charge in [-0.1, -0.05) is 41.4 Å². The summed E-state index contributed by atoms with van der Waals surface area (Å²) in [7, 11) is -3.78. The molecule has 0 unspecified atom stereocenters. The molecule has 2 aromatic carbocycles. The number of carbonyl (C=O) groups excluding carboxylic acids is 1. The van der Waals surface area contributed by atoms with Crippen LogP contribution in [-0.4, -0.2) is 50.0 Å². The number of nitrogens with one attached hydrogen (secondary N) is 1. The van der Waals surface area contributed by atoms with Crippen LogP contribution in [0.2, 0.25) is 10.0 Å². The summed E-state index contributed by atoms with van der Waals surface area (Å²) in [5.74, 6) is -0.676. The van der Waals surface area contributed by atoms with E-state index in [1.54, 1.807) is 36.4 Å². The number of piperazine rings is 1. The van der Waals surface area contributed by atoms with Gasteiger partial charge in [-0.05, 0) is 29.8 Å². The lowest BCUT2D eigenvalue weighted by Gasteiger charge is -2.35. The van der Waals surface area contributed by atoms with Gasteiger partial charge in [-0.25, -0.2) is 13.9 Å². The summed E-state index contributed by atoms with van der Waals surface area (Å²) in [5, 5.41) is 9.77. The Kier molecular flexibility index (Phi) is 6.47. The first kappa shape index (κ1) is 20.9. The second-order valence-electron chi connectivity index (χ2n) is 6.34. The summed E-state index contributed by atoms with van der Waals surface area (Å²) in [5.41, 5.74) is 2.70. The maximum absolute atomic E-state index is 13.1. The van der Waals surface area contributed by atoms with Crippen molar-refractivity contribution in [2.45, 2.75) is 11.3 Å². The van der Waals surface area contributed by atoms with Crippen LogP contribution in [0, 0.1) is 0 Å². The van der Waals surface area contributed by atoms with Gasteiger partial charge in [-0.2, -0.15) is 4.31 Å². The van der Waals surface area contributed by atoms with E-state index in [9.17, 15) is 13.2 Å². The molecule has 0 aliphatic carbocycles. The zero-order valence-corrected chi connectivity index (χ0v) is 17.1. The van der Waals surface area contributed by atoms with Gasteiger partial charge >= 0.3 is 0 Å². The zero-order chi connectivity index (χ0) is 20.3. The molecule has 1 aliphatic rings. The van der Waals surface area contributed by atoms with E-state index in [0.29, 0.717) is 28.7 Å². The summed E-state index contributed by atoms with van der Waals surface area (Å²) >= 11 is 12.1. The third-order valence-corrected chi connectivity index (χ3v) is 6.95. The van der Waals surface area contributed by atoms with Gasteiger partial charge in [-0.15, -0.1) is 0 Å². The number of anilines is 1. The van der Waals surface area contributed by atoms with Gasteiger partial charge < -0.3 is 4.90 Å². The van der Waals surface area contributed by atoms with Crippen LogP contribution in [0.25, 0.3) is 0 Å². The van der Waals surface area contributed by atoms with E-state index < -0.39 is 15.9 Å². The summed E-state index contributed by atoms with van der Waals surface area (Å²) in [6.45, 7) is 1.53. The van der Waals surface area contributed by atoms with E-state index in [1.165, 1.54) is 15.9 Å². The predicted octanol–water partition coefficient (Wildman–Crippen LogP) is 2.55. The van der Waals surface area contributed by atoms with Crippen molar-refractivity contribution in [1.82, 2.24) is 9.79 Å². The molecule has 0 spiro atoms. The minimum atomic E-state index is -3.78. The molecule has 10 heteroatoms. The number of halogens is 2. The molecule has 1 heterocycles. The normalized spacial score (nSPS) is 15.5. The number of amides is 1. The van der Waals surface area contributed by atoms with Crippen molar-refractivity contribution in [2.75, 3.05) is 31.1 Å². The van der Waals surface area contributed by atoms with Gasteiger partial charge in [0.1, 0.15) is 0 Å². The molecule has 0 radical (unpaired) electrons. The number of carbonyl (C=O) groups is 1. The molecular weight excluding hydrogens is 425 g/mol. The third kappa shape index (κ3) is 4.59. The molecule has 0 aromatic heterocycles. The van der Waals surface area contributed by atoms with E-state index >= 15 is 0 Å². The van der Waals surface area contributed by atoms with Gasteiger partial charge in [-0.3, -0.25) is 10.0 Å². The van der Waals surface area contributed by atoms with Crippen molar-refractivity contribution in [3.05, 3.63) is 58.1 Å². The summed E-state index contributed by atoms with van der Waals surface area (Å²) in [6, 6.07) is 11.5. The Balaban J connectivity index is 1.77. The lowest BCUT2D eigenvalue weighted by atomic mass is 10.1. The molecular formula is C18H19Cl2N3O4S. The Bertz CT molecular complexity index is 956. The number of sulfonamides is 1. The maximum Gasteiger partial charge on any atom is 0.247 e. The van der Waals surface area contributed by atoms with E-state index in [0.717, 1.165) is 5.69 Å². The van der Waals surface area contributed by atoms with Crippen molar-refractivity contribution in [3.8, 4) is 0 Å². The van der Waals surface area contributed by atoms with Crippen molar-refractivity contribution in [3.63, 3.8) is 0 Å². The minimum absolute atomic E-state index is 0.0675. The Hall–Kier alpha value is -1.84. The second-order valence-corrected chi connectivity index (χ2v) is 9.12. The number of hydroxylamine groups is 1. The first-order valence-corrected chi connectivity index (χ1v) is 10.7. The van der Waals surface area contributed by atoms with Crippen LogP contribution in [0.4, 0.5) is 5.69 Å². The lowest BCUT2D eigenvalue weighted by molar-refractivity contribution is -0.128. The standard InChI is InChI=1S/C18H19Cl2N3O4S/c19-14-10-15(20)12-16(11-14)22-5-7-23(8-6-22)28(26,27)17-4-2-1-3-13(17)9-18(24)21-25/h1-4,10-12,25H,5-9H2,(H,21,24). The quantitative estimate of drug-likeness (QED) is 0.547. The molecule has 1 fully saturated rings. The maximum atomic E-state index is 13.1. The molecule has 1 aliphatic heterocycles. The number of rotatable bonds is 5. The third-order valence-electron chi connectivity index (χ3n) is 4.52. The second kappa shape index (κ2) is 8.67. The van der Waals surface area contributed by atoms with Crippen LogP contribution in [0.1, 0.15) is 5.56 Å². The summed E-state index contributed by atoms with van der Waals surface area (Å²) < 4.78 is 27.6. The molecule has 2 aromatic rings. The first-order valence-electron chi connectivity index (χ1n) is 8.53. The fraction of sp³-hybridized carbons (Fsp3) is 0.278. The largest absolute Gasteiger partial charge is 0.369 e. The van der Waals surface area contributed by atoms with Crippen molar-refractivity contribution < 1.29 is 18.4 Å². The highest BCUT2D eigenvalue weighted by atomic mass is 35.5. The highest BCUT2D eigenvalue weighted by Gasteiger charge is 2.30. The number of hydrogen-bond donors (Lipinski definition) is 2. The molecule has 1 amide bonds. The van der Waals surface area contributed by atoms with Gasteiger partial charge in [0.2, 0.25) is 15.9 Å². The summed E-state index contributed by atoms with van der Waals surface area (Å²) in [6.07, 6.45) is -0.229. The Morgan fingerprint density at radius 2 is 1.64 bits per heavy atom. The SMILES string of the molecule is O=C(Cc1ccccc1S(=O)(=O)N1CCN(c2cc(Cl)cc(Cl)c2)CC1)NO. The topological polar surface area (TPSA) is 90.0 Å². The van der Waals surface area contributed by atoms with Gasteiger partial charge in [0, 0.05) is 41.9 Å². The van der Waals surface area contributed by atoms with Gasteiger partial charge in [0.25, 0.3) is 0 Å². The predicted molar refractivity (Wildman–Crippen MR) is 108 cm³/mol. The van der Waals surface area contributed by atoms with E-state index in [4.69, 9.17) is 28.4 Å². The molecule has 150 valence electrons. The van der Waals surface area contributed by atoms with Gasteiger partial charge in [0.05, 0.1) is 11.3 Å². The van der Waals surface area contributed by atoms with E-state index in [2.05, 4.69) is 0 Å². The summed E-state index contributed by atoms with van der Waals surface area (Å²) in [4.78, 5) is 13.6. The van der Waals surface area contributed by atoms with Crippen LogP contribution in [-0.2, 0) is 21.2 Å². The van der Waals surface area contributed by atoms with Crippen molar-refractivity contribution in [2.24, 2.45) is 0 Å². The van der Waals surface area contributed by atoms with E-state index in [1.807, 2.05) is 4.90 Å². The Labute approximate surface area is 173 Å². The van der Waals surface area contributed by atoms with Crippen molar-refractivity contribution in [1.29, 1.82) is 0 Å². The monoisotopic (exact) mass is 443 g/mol. The smallest absolute Gasteiger partial charge is 0.247 e. The molecule has 1 saturated heterocycles. The van der Waals surface area contributed by atoms with Crippen LogP contribution in [0.3, 0.4) is 0 Å². The van der Waals surface area contributed by atoms with E-state index in [-0.39, 0.29) is 24.4 Å². The fourth-order valence-corrected chi connectivity index (χ4v) is 5.32. The molecule has 0 saturated carbocycles. The molecule has 28 heavy (non-hydrogen) atoms. The van der Waals surface area contributed by atoms with Crippen LogP contribution < -0.4 is 10.4 Å². The first-order chi connectivity index (χ1) is 13.3. The average molecular weight is 444 g/mol. The lowest BCUT2D eigenvalue weighted by Crippen LogP contribution is -2.48. The number of benzene rings is 2. The Morgan fingerprint density at radius 1 is 1.04 bits per heavy atom. The minimum Gasteiger partial charge on any atom is -0.369 e. The fourth-order valence-electron chi connectivity index (χ4n) is 3.16. The highest BCUT2D eigenvalue weighted by Crippen LogP contribution is 2.28. The highest BCUT2D eigenvalue weighted by molar-refractivity contribution is 7.89. The molecule has 2 N–H and O–H groups in total. The van der Waals surface area contributed by atoms with Gasteiger partial charge in [0.15, 0.2) is 0 Å². The number of hydrogen-bond acceptors (Lipinski definition) is 5. The number of nitrogens with zero attached hydrogens (tertiary/aromatic N) is 2. The molecule has 7 nitrogen and oxygen atoms in total. The molecule has 0 bridgehead atoms. The van der Waals surface area contributed by atoms with Crippen LogP contribution in [0.15, 0.2) is 47.4 Å².